The largest absolute Gasteiger partial charge is 0.431 e. The topological polar surface area (TPSA) is 26.0 Å². The first-order valence-corrected chi connectivity index (χ1v) is 7.00. The van der Waals surface area contributed by atoms with Crippen molar-refractivity contribution in [1.82, 2.24) is 4.98 Å². The Morgan fingerprint density at radius 3 is 2.74 bits per heavy atom. The number of hydrogen-bond acceptors (Lipinski definition) is 3. The second kappa shape index (κ2) is 5.23. The molecule has 0 amide bonds. The van der Waals surface area contributed by atoms with Crippen molar-refractivity contribution in [2.75, 3.05) is 0 Å². The van der Waals surface area contributed by atoms with Crippen LogP contribution in [0.5, 0.6) is 0 Å². The Labute approximate surface area is 118 Å². The maximum atomic E-state index is 13.0. The molecule has 0 saturated carbocycles. The van der Waals surface area contributed by atoms with Gasteiger partial charge in [-0.3, -0.25) is 0 Å². The van der Waals surface area contributed by atoms with E-state index in [0.717, 1.165) is 11.3 Å². The molecule has 2 aromatic carbocycles. The Kier molecular flexibility index (Phi) is 3.44. The molecule has 3 aromatic rings. The summed E-state index contributed by atoms with van der Waals surface area (Å²) in [7, 11) is 0. The molecule has 0 spiro atoms. The van der Waals surface area contributed by atoms with Crippen molar-refractivity contribution in [3.8, 4) is 0 Å². The minimum atomic E-state index is -0.310. The highest BCUT2D eigenvalue weighted by Crippen LogP contribution is 2.26. The summed E-state index contributed by atoms with van der Waals surface area (Å²) in [6.45, 7) is 0. The summed E-state index contributed by atoms with van der Waals surface area (Å²) >= 11 is 7.29. The van der Waals surface area contributed by atoms with Gasteiger partial charge in [0.25, 0.3) is 5.22 Å². The lowest BCUT2D eigenvalue weighted by atomic mass is 10.2. The minimum Gasteiger partial charge on any atom is -0.431 e. The third-order valence-electron chi connectivity index (χ3n) is 2.61. The molecule has 0 aliphatic rings. The van der Waals surface area contributed by atoms with Gasteiger partial charge in [-0.05, 0) is 29.8 Å². The highest BCUT2D eigenvalue weighted by Gasteiger charge is 2.07. The van der Waals surface area contributed by atoms with Gasteiger partial charge in [-0.2, -0.15) is 0 Å². The van der Waals surface area contributed by atoms with Gasteiger partial charge in [-0.15, -0.1) is 0 Å². The van der Waals surface area contributed by atoms with Gasteiger partial charge in [0, 0.05) is 16.8 Å². The van der Waals surface area contributed by atoms with Crippen LogP contribution >= 0.6 is 23.4 Å². The molecule has 96 valence electrons. The zero-order valence-electron chi connectivity index (χ0n) is 9.77. The molecule has 5 heteroatoms. The van der Waals surface area contributed by atoms with Crippen molar-refractivity contribution >= 4 is 34.5 Å². The molecule has 2 nitrogen and oxygen atoms in total. The van der Waals surface area contributed by atoms with E-state index in [1.165, 1.54) is 23.9 Å². The van der Waals surface area contributed by atoms with Crippen molar-refractivity contribution in [2.24, 2.45) is 0 Å². The van der Waals surface area contributed by atoms with E-state index in [4.69, 9.17) is 16.0 Å². The molecule has 0 aliphatic carbocycles. The van der Waals surface area contributed by atoms with Crippen LogP contribution in [0.1, 0.15) is 5.56 Å². The van der Waals surface area contributed by atoms with Crippen LogP contribution in [-0.2, 0) is 5.75 Å². The van der Waals surface area contributed by atoms with Gasteiger partial charge in [0.1, 0.15) is 11.3 Å². The van der Waals surface area contributed by atoms with Crippen LogP contribution in [0.3, 0.4) is 0 Å². The quantitative estimate of drug-likeness (QED) is 0.642. The number of hydrogen-bond donors (Lipinski definition) is 0. The Hall–Kier alpha value is -1.52. The number of rotatable bonds is 3. The normalized spacial score (nSPS) is 11.1. The van der Waals surface area contributed by atoms with Gasteiger partial charge in [-0.25, -0.2) is 9.37 Å². The fourth-order valence-corrected chi connectivity index (χ4v) is 2.59. The molecular weight excluding hydrogens is 285 g/mol. The van der Waals surface area contributed by atoms with Crippen LogP contribution < -0.4 is 0 Å². The number of halogens is 2. The zero-order chi connectivity index (χ0) is 13.2. The smallest absolute Gasteiger partial charge is 0.257 e. The van der Waals surface area contributed by atoms with E-state index in [1.54, 1.807) is 6.07 Å². The van der Waals surface area contributed by atoms with E-state index in [9.17, 15) is 4.39 Å². The molecule has 0 bridgehead atoms. The number of thioether (sulfide) groups is 1. The third kappa shape index (κ3) is 2.91. The number of aromatic nitrogens is 1. The molecule has 1 aromatic heterocycles. The molecular formula is C14H9ClFNOS. The summed E-state index contributed by atoms with van der Waals surface area (Å²) in [6.07, 6.45) is 0. The van der Waals surface area contributed by atoms with E-state index in [1.807, 2.05) is 24.3 Å². The predicted octanol–water partition coefficient (Wildman–Crippen LogP) is 4.91. The molecule has 0 N–H and O–H groups in total. The van der Waals surface area contributed by atoms with Crippen molar-refractivity contribution in [1.29, 1.82) is 0 Å². The molecule has 1 heterocycles. The van der Waals surface area contributed by atoms with Crippen molar-refractivity contribution in [3.63, 3.8) is 0 Å². The van der Waals surface area contributed by atoms with Gasteiger partial charge in [0.15, 0.2) is 5.58 Å². The van der Waals surface area contributed by atoms with Gasteiger partial charge < -0.3 is 4.42 Å². The molecule has 0 aliphatic heterocycles. The second-order valence-corrected chi connectivity index (χ2v) is 5.37. The van der Waals surface area contributed by atoms with Gasteiger partial charge >= 0.3 is 0 Å². The molecule has 19 heavy (non-hydrogen) atoms. The van der Waals surface area contributed by atoms with E-state index in [2.05, 4.69) is 4.98 Å². The van der Waals surface area contributed by atoms with Crippen LogP contribution in [-0.4, -0.2) is 4.98 Å². The maximum absolute atomic E-state index is 13.0. The molecule has 0 radical (unpaired) electrons. The molecule has 0 saturated heterocycles. The van der Waals surface area contributed by atoms with Gasteiger partial charge in [0.2, 0.25) is 0 Å². The average Bonchev–Trinajstić information content (AvgIpc) is 2.80. The Morgan fingerprint density at radius 2 is 1.95 bits per heavy atom. The third-order valence-corrected chi connectivity index (χ3v) is 3.76. The van der Waals surface area contributed by atoms with E-state index in [0.29, 0.717) is 21.3 Å². The van der Waals surface area contributed by atoms with E-state index >= 15 is 0 Å². The van der Waals surface area contributed by atoms with Crippen LogP contribution in [0.2, 0.25) is 5.02 Å². The highest BCUT2D eigenvalue weighted by atomic mass is 35.5. The van der Waals surface area contributed by atoms with Crippen LogP contribution in [0.15, 0.2) is 52.1 Å². The van der Waals surface area contributed by atoms with E-state index < -0.39 is 0 Å². The number of oxazole rings is 1. The maximum Gasteiger partial charge on any atom is 0.257 e. The number of fused-ring (bicyclic) bond motifs is 1. The van der Waals surface area contributed by atoms with Crippen LogP contribution in [0, 0.1) is 5.82 Å². The lowest BCUT2D eigenvalue weighted by Crippen LogP contribution is -1.79. The standard InChI is InChI=1S/C14H9ClFNOS/c15-10-3-1-9(2-4-10)8-19-14-17-12-7-11(16)5-6-13(12)18-14/h1-7H,8H2. The van der Waals surface area contributed by atoms with Crippen molar-refractivity contribution in [3.05, 3.63) is 58.9 Å². The SMILES string of the molecule is Fc1ccc2oc(SCc3ccc(Cl)cc3)nc2c1. The summed E-state index contributed by atoms with van der Waals surface area (Å²) in [4.78, 5) is 4.24. The number of nitrogens with zero attached hydrogens (tertiary/aromatic N) is 1. The monoisotopic (exact) mass is 293 g/mol. The highest BCUT2D eigenvalue weighted by molar-refractivity contribution is 7.98. The number of benzene rings is 2. The first-order valence-electron chi connectivity index (χ1n) is 5.64. The lowest BCUT2D eigenvalue weighted by molar-refractivity contribution is 0.489. The fourth-order valence-electron chi connectivity index (χ4n) is 1.67. The summed E-state index contributed by atoms with van der Waals surface area (Å²) in [5, 5.41) is 1.25. The van der Waals surface area contributed by atoms with Gasteiger partial charge in [-0.1, -0.05) is 35.5 Å². The van der Waals surface area contributed by atoms with Crippen molar-refractivity contribution in [2.45, 2.75) is 11.0 Å². The summed E-state index contributed by atoms with van der Waals surface area (Å²) < 4.78 is 18.6. The summed E-state index contributed by atoms with van der Waals surface area (Å²) in [5.41, 5.74) is 2.27. The predicted molar refractivity (Wildman–Crippen MR) is 75.0 cm³/mol. The lowest BCUT2D eigenvalue weighted by Gasteiger charge is -1.98. The zero-order valence-corrected chi connectivity index (χ0v) is 11.3. The molecule has 3 rings (SSSR count). The first-order chi connectivity index (χ1) is 9.20. The van der Waals surface area contributed by atoms with Crippen molar-refractivity contribution < 1.29 is 8.81 Å². The molecule has 0 unspecified atom stereocenters. The molecule has 0 fully saturated rings. The van der Waals surface area contributed by atoms with Gasteiger partial charge in [0.05, 0.1) is 0 Å². The fraction of sp³-hybridized carbons (Fsp3) is 0.0714. The average molecular weight is 294 g/mol. The first kappa shape index (κ1) is 12.5. The summed E-state index contributed by atoms with van der Waals surface area (Å²) in [5.74, 6) is 0.419. The Bertz CT molecular complexity index is 711. The van der Waals surface area contributed by atoms with Crippen LogP contribution in [0.4, 0.5) is 4.39 Å². The summed E-state index contributed by atoms with van der Waals surface area (Å²) in [6, 6.07) is 11.9. The second-order valence-electron chi connectivity index (χ2n) is 4.01. The van der Waals surface area contributed by atoms with Crippen LogP contribution in [0.25, 0.3) is 11.1 Å². The minimum absolute atomic E-state index is 0.310. The Morgan fingerprint density at radius 1 is 1.16 bits per heavy atom. The Balaban J connectivity index is 1.76. The molecule has 0 atom stereocenters. The van der Waals surface area contributed by atoms with E-state index in [-0.39, 0.29) is 5.82 Å².